The van der Waals surface area contributed by atoms with Crippen molar-refractivity contribution in [3.8, 4) is 17.6 Å². The van der Waals surface area contributed by atoms with E-state index in [9.17, 15) is 10.1 Å². The van der Waals surface area contributed by atoms with Crippen molar-refractivity contribution in [3.05, 3.63) is 41.1 Å². The zero-order valence-electron chi connectivity index (χ0n) is 19.6. The lowest BCUT2D eigenvalue weighted by molar-refractivity contribution is -0.115. The molecular weight excluding hydrogens is 422 g/mol. The Morgan fingerprint density at radius 1 is 1.22 bits per heavy atom. The zero-order valence-corrected chi connectivity index (χ0v) is 20.4. The third kappa shape index (κ3) is 5.55. The van der Waals surface area contributed by atoms with Crippen LogP contribution >= 0.6 is 11.8 Å². The molecule has 170 valence electrons. The number of aromatic nitrogens is 1. The first-order valence-electron chi connectivity index (χ1n) is 10.8. The molecule has 1 aliphatic carbocycles. The highest BCUT2D eigenvalue weighted by Crippen LogP contribution is 2.38. The molecule has 0 radical (unpaired) electrons. The maximum absolute atomic E-state index is 12.8. The zero-order chi connectivity index (χ0) is 23.5. The number of pyridine rings is 1. The number of aryl methyl sites for hydroxylation is 1. The van der Waals surface area contributed by atoms with Gasteiger partial charge in [-0.1, -0.05) is 32.5 Å². The number of hydrogen-bond donors (Lipinski definition) is 1. The average molecular weight is 454 g/mol. The molecule has 0 aliphatic heterocycles. The highest BCUT2D eigenvalue weighted by molar-refractivity contribution is 8.00. The predicted octanol–water partition coefficient (Wildman–Crippen LogP) is 5.24. The first-order valence-corrected chi connectivity index (χ1v) is 11.7. The molecule has 1 aromatic carbocycles. The molecule has 2 aromatic rings. The Kier molecular flexibility index (Phi) is 7.35. The van der Waals surface area contributed by atoms with E-state index in [2.05, 4.69) is 32.2 Å². The molecule has 1 heterocycles. The van der Waals surface area contributed by atoms with Gasteiger partial charge < -0.3 is 14.8 Å². The van der Waals surface area contributed by atoms with E-state index in [1.165, 1.54) is 11.8 Å². The third-order valence-corrected chi connectivity index (χ3v) is 7.08. The summed E-state index contributed by atoms with van der Waals surface area (Å²) in [6.07, 6.45) is 2.94. The van der Waals surface area contributed by atoms with Gasteiger partial charge >= 0.3 is 0 Å². The average Bonchev–Trinajstić information content (AvgIpc) is 2.77. The number of methoxy groups -OCH3 is 2. The summed E-state index contributed by atoms with van der Waals surface area (Å²) < 4.78 is 10.5. The number of amides is 1. The number of nitrogens with one attached hydrogen (secondary N) is 1. The van der Waals surface area contributed by atoms with Crippen molar-refractivity contribution >= 4 is 23.4 Å². The Bertz CT molecular complexity index is 1020. The minimum absolute atomic E-state index is 0.179. The number of benzene rings is 1. The van der Waals surface area contributed by atoms with Gasteiger partial charge in [0.2, 0.25) is 5.91 Å². The molecule has 0 saturated carbocycles. The van der Waals surface area contributed by atoms with Gasteiger partial charge in [-0.05, 0) is 49.1 Å². The topological polar surface area (TPSA) is 84.2 Å². The van der Waals surface area contributed by atoms with Gasteiger partial charge in [-0.3, -0.25) is 4.79 Å². The number of carbonyl (C=O) groups is 1. The number of hydrogen-bond acceptors (Lipinski definition) is 6. The van der Waals surface area contributed by atoms with E-state index in [0.717, 1.165) is 30.5 Å². The Morgan fingerprint density at radius 2 is 1.88 bits per heavy atom. The quantitative estimate of drug-likeness (QED) is 0.602. The lowest BCUT2D eigenvalue weighted by atomic mass is 9.71. The summed E-state index contributed by atoms with van der Waals surface area (Å²) >= 11 is 1.31. The summed E-state index contributed by atoms with van der Waals surface area (Å²) in [5.41, 5.74) is 3.57. The van der Waals surface area contributed by atoms with Gasteiger partial charge in [0.1, 0.15) is 22.6 Å². The molecule has 3 rings (SSSR count). The van der Waals surface area contributed by atoms with Gasteiger partial charge in [-0.15, -0.1) is 0 Å². The fourth-order valence-electron chi connectivity index (χ4n) is 3.90. The highest BCUT2D eigenvalue weighted by atomic mass is 32.2. The van der Waals surface area contributed by atoms with Crippen molar-refractivity contribution in [2.45, 2.75) is 57.2 Å². The van der Waals surface area contributed by atoms with Crippen molar-refractivity contribution in [2.24, 2.45) is 11.3 Å². The van der Waals surface area contributed by atoms with E-state index in [-0.39, 0.29) is 11.3 Å². The molecule has 2 atom stereocenters. The molecule has 6 nitrogen and oxygen atoms in total. The van der Waals surface area contributed by atoms with E-state index < -0.39 is 5.25 Å². The number of fused-ring (bicyclic) bond motifs is 1. The van der Waals surface area contributed by atoms with E-state index in [4.69, 9.17) is 14.5 Å². The highest BCUT2D eigenvalue weighted by Gasteiger charge is 2.30. The fraction of sp³-hybridized carbons (Fsp3) is 0.480. The second-order valence-electron chi connectivity index (χ2n) is 9.22. The largest absolute Gasteiger partial charge is 0.497 e. The first-order chi connectivity index (χ1) is 15.1. The van der Waals surface area contributed by atoms with Gasteiger partial charge in [0.25, 0.3) is 0 Å². The van der Waals surface area contributed by atoms with Gasteiger partial charge in [-0.25, -0.2) is 4.98 Å². The summed E-state index contributed by atoms with van der Waals surface area (Å²) in [4.78, 5) is 17.6. The van der Waals surface area contributed by atoms with Gasteiger partial charge in [0.05, 0.1) is 25.0 Å². The van der Waals surface area contributed by atoms with Crippen molar-refractivity contribution < 1.29 is 14.3 Å². The van der Waals surface area contributed by atoms with Crippen LogP contribution in [0.5, 0.6) is 11.5 Å². The molecule has 1 aromatic heterocycles. The summed E-state index contributed by atoms with van der Waals surface area (Å²) in [6, 6.07) is 9.47. The normalized spacial score (nSPS) is 16.5. The van der Waals surface area contributed by atoms with Crippen molar-refractivity contribution in [1.82, 2.24) is 4.98 Å². The Morgan fingerprint density at radius 3 is 2.44 bits per heavy atom. The minimum atomic E-state index is -0.434. The lowest BCUT2D eigenvalue weighted by Gasteiger charge is -2.34. The van der Waals surface area contributed by atoms with Crippen LogP contribution in [-0.4, -0.2) is 30.4 Å². The maximum Gasteiger partial charge on any atom is 0.237 e. The number of carbonyl (C=O) groups excluding carboxylic acids is 1. The Hall–Kier alpha value is -2.72. The molecule has 1 amide bonds. The second-order valence-corrected chi connectivity index (χ2v) is 10.5. The van der Waals surface area contributed by atoms with Crippen LogP contribution in [0.15, 0.2) is 29.3 Å². The van der Waals surface area contributed by atoms with E-state index in [1.54, 1.807) is 32.4 Å². The monoisotopic (exact) mass is 453 g/mol. The molecule has 1 aliphatic rings. The molecular formula is C25H31N3O3S. The molecule has 0 fully saturated rings. The number of nitrogens with zero attached hydrogens (tertiary/aromatic N) is 2. The summed E-state index contributed by atoms with van der Waals surface area (Å²) in [7, 11) is 3.13. The summed E-state index contributed by atoms with van der Waals surface area (Å²) in [6.45, 7) is 8.62. The van der Waals surface area contributed by atoms with Crippen molar-refractivity contribution in [3.63, 3.8) is 0 Å². The number of thioether (sulfide) groups is 1. The lowest BCUT2D eigenvalue weighted by Crippen LogP contribution is -2.27. The van der Waals surface area contributed by atoms with Crippen LogP contribution in [0.25, 0.3) is 0 Å². The van der Waals surface area contributed by atoms with E-state index in [1.807, 2.05) is 13.0 Å². The molecule has 0 spiro atoms. The van der Waals surface area contributed by atoms with Crippen LogP contribution in [0.1, 0.15) is 50.9 Å². The number of ether oxygens (including phenoxy) is 2. The molecule has 0 bridgehead atoms. The molecule has 1 N–H and O–H groups in total. The minimum Gasteiger partial charge on any atom is -0.497 e. The Balaban J connectivity index is 1.76. The van der Waals surface area contributed by atoms with Crippen molar-refractivity contribution in [1.29, 1.82) is 5.26 Å². The van der Waals surface area contributed by atoms with Crippen LogP contribution in [0.2, 0.25) is 0 Å². The summed E-state index contributed by atoms with van der Waals surface area (Å²) in [5.74, 6) is 1.58. The SMILES string of the molecule is COc1cc(NC(=O)C(C)Sc2nc3c(cc2C#N)CC(C(C)(C)C)CC3)cc(OC)c1. The Labute approximate surface area is 194 Å². The van der Waals surface area contributed by atoms with Gasteiger partial charge in [0.15, 0.2) is 0 Å². The smallest absolute Gasteiger partial charge is 0.237 e. The second kappa shape index (κ2) is 9.83. The predicted molar refractivity (Wildman–Crippen MR) is 127 cm³/mol. The van der Waals surface area contributed by atoms with E-state index >= 15 is 0 Å². The third-order valence-electron chi connectivity index (χ3n) is 5.97. The van der Waals surface area contributed by atoms with Crippen molar-refractivity contribution in [2.75, 3.05) is 19.5 Å². The maximum atomic E-state index is 12.8. The molecule has 7 heteroatoms. The van der Waals surface area contributed by atoms with Gasteiger partial charge in [-0.2, -0.15) is 5.26 Å². The van der Waals surface area contributed by atoms with Crippen LogP contribution in [-0.2, 0) is 17.6 Å². The number of rotatable bonds is 6. The van der Waals surface area contributed by atoms with Crippen LogP contribution in [0.4, 0.5) is 5.69 Å². The van der Waals surface area contributed by atoms with Gasteiger partial charge in [0, 0.05) is 29.6 Å². The van der Waals surface area contributed by atoms with E-state index in [0.29, 0.717) is 33.7 Å². The fourth-order valence-corrected chi connectivity index (χ4v) is 4.79. The van der Waals surface area contributed by atoms with Crippen LogP contribution in [0, 0.1) is 22.7 Å². The van der Waals surface area contributed by atoms with Crippen LogP contribution < -0.4 is 14.8 Å². The standard InChI is InChI=1S/C25H31N3O3S/c1-15(23(29)27-19-11-20(30-5)13-21(12-19)31-6)32-24-17(14-26)9-16-10-18(25(2,3)4)7-8-22(16)28-24/h9,11-13,15,18H,7-8,10H2,1-6H3,(H,27,29). The molecule has 2 unspecified atom stereocenters. The number of anilines is 1. The first kappa shape index (κ1) is 23.9. The molecule has 32 heavy (non-hydrogen) atoms. The molecule has 0 saturated heterocycles. The number of nitriles is 1. The van der Waals surface area contributed by atoms with Crippen LogP contribution in [0.3, 0.4) is 0 Å². The summed E-state index contributed by atoms with van der Waals surface area (Å²) in [5, 5.41) is 12.8.